The predicted molar refractivity (Wildman–Crippen MR) is 89.6 cm³/mol. The van der Waals surface area contributed by atoms with Gasteiger partial charge < -0.3 is 10.6 Å². The Morgan fingerprint density at radius 1 is 1.17 bits per heavy atom. The second-order valence-corrected chi connectivity index (χ2v) is 6.17. The summed E-state index contributed by atoms with van der Waals surface area (Å²) in [5.74, 6) is -1.38. The van der Waals surface area contributed by atoms with Gasteiger partial charge >= 0.3 is 0 Å². The Morgan fingerprint density at radius 3 is 2.46 bits per heavy atom. The van der Waals surface area contributed by atoms with Crippen molar-refractivity contribution in [1.29, 1.82) is 0 Å². The van der Waals surface area contributed by atoms with Crippen LogP contribution in [-0.4, -0.2) is 12.5 Å². The van der Waals surface area contributed by atoms with Crippen LogP contribution in [0.4, 0.5) is 8.78 Å². The van der Waals surface area contributed by atoms with Crippen LogP contribution in [0.5, 0.6) is 0 Å². The zero-order valence-corrected chi connectivity index (χ0v) is 14.3. The Bertz CT molecular complexity index is 707. The molecule has 0 saturated heterocycles. The second-order valence-electron chi connectivity index (χ2n) is 5.74. The van der Waals surface area contributed by atoms with Crippen LogP contribution in [0.3, 0.4) is 0 Å². The average Bonchev–Trinajstić information content (AvgIpc) is 2.53. The smallest absolute Gasteiger partial charge is 0.275 e. The summed E-state index contributed by atoms with van der Waals surface area (Å²) in [7, 11) is 0. The molecule has 1 amide bonds. The summed E-state index contributed by atoms with van der Waals surface area (Å²) in [6, 6.07) is 10.3. The molecule has 0 spiro atoms. The number of rotatable bonds is 6. The van der Waals surface area contributed by atoms with Crippen molar-refractivity contribution in [2.24, 2.45) is 0 Å². The van der Waals surface area contributed by atoms with Crippen molar-refractivity contribution in [3.05, 3.63) is 70.2 Å². The molecule has 6 heteroatoms. The first-order chi connectivity index (χ1) is 11.4. The van der Waals surface area contributed by atoms with E-state index in [0.717, 1.165) is 11.6 Å². The molecule has 2 aromatic carbocycles. The highest BCUT2D eigenvalue weighted by atomic mass is 35.5. The summed E-state index contributed by atoms with van der Waals surface area (Å²) in [6.45, 7) is 3.80. The number of nitrogens with one attached hydrogen (secondary N) is 1. The van der Waals surface area contributed by atoms with Gasteiger partial charge in [0.2, 0.25) is 0 Å². The highest BCUT2D eigenvalue weighted by Crippen LogP contribution is 2.16. The molecule has 2 atom stereocenters. The third kappa shape index (κ3) is 5.01. The van der Waals surface area contributed by atoms with Crippen molar-refractivity contribution in [3.8, 4) is 0 Å². The van der Waals surface area contributed by atoms with Crippen LogP contribution in [0.2, 0.25) is 5.02 Å². The quantitative estimate of drug-likeness (QED) is 0.823. The maximum absolute atomic E-state index is 13.7. The molecule has 0 fully saturated rings. The van der Waals surface area contributed by atoms with Gasteiger partial charge in [0, 0.05) is 16.7 Å². The molecule has 0 radical (unpaired) electrons. The monoisotopic (exact) mass is 353 g/mol. The lowest BCUT2D eigenvalue weighted by atomic mass is 10.1. The van der Waals surface area contributed by atoms with Gasteiger partial charge in [0.15, 0.2) is 6.54 Å². The first kappa shape index (κ1) is 18.4. The van der Waals surface area contributed by atoms with E-state index in [0.29, 0.717) is 10.6 Å². The summed E-state index contributed by atoms with van der Waals surface area (Å²) in [5.41, 5.74) is 1.32. The molecule has 0 aliphatic carbocycles. The molecule has 0 aromatic heterocycles. The van der Waals surface area contributed by atoms with E-state index in [2.05, 4.69) is 5.32 Å². The van der Waals surface area contributed by atoms with E-state index in [9.17, 15) is 13.6 Å². The first-order valence-corrected chi connectivity index (χ1v) is 8.07. The number of hydrogen-bond donors (Lipinski definition) is 2. The Balaban J connectivity index is 1.87. The van der Waals surface area contributed by atoms with Crippen molar-refractivity contribution < 1.29 is 18.9 Å². The van der Waals surface area contributed by atoms with E-state index in [1.807, 2.05) is 19.1 Å². The van der Waals surface area contributed by atoms with E-state index in [1.54, 1.807) is 24.4 Å². The lowest BCUT2D eigenvalue weighted by Crippen LogP contribution is -2.87. The number of carbonyl (C=O) groups is 1. The van der Waals surface area contributed by atoms with Gasteiger partial charge in [0.25, 0.3) is 5.91 Å². The van der Waals surface area contributed by atoms with Crippen LogP contribution in [0.25, 0.3) is 0 Å². The van der Waals surface area contributed by atoms with Gasteiger partial charge in [-0.15, -0.1) is 0 Å². The molecule has 0 saturated carbocycles. The molecule has 0 bridgehead atoms. The number of hydrogen-bond acceptors (Lipinski definition) is 1. The van der Waals surface area contributed by atoms with Crippen molar-refractivity contribution >= 4 is 17.5 Å². The molecular formula is C18H20ClF2N2O+. The van der Waals surface area contributed by atoms with Gasteiger partial charge in [0.1, 0.15) is 17.7 Å². The maximum atomic E-state index is 13.7. The minimum atomic E-state index is -0.613. The number of nitrogens with two attached hydrogens (primary N) is 1. The summed E-state index contributed by atoms with van der Waals surface area (Å²) in [5, 5.41) is 5.23. The highest BCUT2D eigenvalue weighted by Gasteiger charge is 2.17. The molecule has 2 rings (SSSR count). The third-order valence-electron chi connectivity index (χ3n) is 3.86. The topological polar surface area (TPSA) is 45.7 Å². The molecule has 0 aliphatic rings. The Labute approximate surface area is 145 Å². The van der Waals surface area contributed by atoms with Crippen LogP contribution < -0.4 is 10.6 Å². The summed E-state index contributed by atoms with van der Waals surface area (Å²) in [6.07, 6.45) is 0. The predicted octanol–water partition coefficient (Wildman–Crippen LogP) is 3.12. The molecular weight excluding hydrogens is 334 g/mol. The Morgan fingerprint density at radius 2 is 1.83 bits per heavy atom. The minimum Gasteiger partial charge on any atom is -0.345 e. The van der Waals surface area contributed by atoms with E-state index in [1.165, 1.54) is 12.1 Å². The van der Waals surface area contributed by atoms with Gasteiger partial charge in [-0.25, -0.2) is 8.78 Å². The van der Waals surface area contributed by atoms with Crippen LogP contribution in [0, 0.1) is 11.6 Å². The van der Waals surface area contributed by atoms with Gasteiger partial charge in [-0.2, -0.15) is 0 Å². The van der Waals surface area contributed by atoms with Gasteiger partial charge in [-0.05, 0) is 43.7 Å². The van der Waals surface area contributed by atoms with Crippen LogP contribution in [0.1, 0.15) is 37.1 Å². The Kier molecular flexibility index (Phi) is 6.29. The van der Waals surface area contributed by atoms with Crippen LogP contribution in [0.15, 0.2) is 42.5 Å². The molecule has 24 heavy (non-hydrogen) atoms. The lowest BCUT2D eigenvalue weighted by molar-refractivity contribution is -0.682. The molecule has 0 unspecified atom stereocenters. The SMILES string of the molecule is C[C@H](NC(=O)C[NH2+][C@H](C)c1ccc(F)cc1F)c1ccc(Cl)cc1. The third-order valence-corrected chi connectivity index (χ3v) is 4.11. The molecule has 0 heterocycles. The van der Waals surface area contributed by atoms with Crippen molar-refractivity contribution in [1.82, 2.24) is 5.32 Å². The summed E-state index contributed by atoms with van der Waals surface area (Å²) < 4.78 is 26.7. The number of amides is 1. The fourth-order valence-electron chi connectivity index (χ4n) is 2.42. The highest BCUT2D eigenvalue weighted by molar-refractivity contribution is 6.30. The maximum Gasteiger partial charge on any atom is 0.275 e. The first-order valence-electron chi connectivity index (χ1n) is 7.70. The minimum absolute atomic E-state index is 0.149. The van der Waals surface area contributed by atoms with Crippen molar-refractivity contribution in [2.45, 2.75) is 25.9 Å². The van der Waals surface area contributed by atoms with Gasteiger partial charge in [-0.1, -0.05) is 23.7 Å². The molecule has 128 valence electrons. The van der Waals surface area contributed by atoms with Crippen LogP contribution in [-0.2, 0) is 4.79 Å². The summed E-state index contributed by atoms with van der Waals surface area (Å²) >= 11 is 5.84. The van der Waals surface area contributed by atoms with E-state index in [4.69, 9.17) is 11.6 Å². The number of carbonyl (C=O) groups excluding carboxylic acids is 1. The fourth-order valence-corrected chi connectivity index (χ4v) is 2.54. The van der Waals surface area contributed by atoms with E-state index < -0.39 is 11.6 Å². The molecule has 3 N–H and O–H groups in total. The standard InChI is InChI=1S/C18H19ClF2N2O/c1-11(13-3-5-14(19)6-4-13)23-18(24)10-22-12(2)16-8-7-15(20)9-17(16)21/h3-9,11-12,22H,10H2,1-2H3,(H,23,24)/p+1/t11-,12+/m0/s1. The zero-order chi connectivity index (χ0) is 17.7. The molecule has 0 aliphatic heterocycles. The molecule has 2 aromatic rings. The summed E-state index contributed by atoms with van der Waals surface area (Å²) in [4.78, 5) is 12.0. The fraction of sp³-hybridized carbons (Fsp3) is 0.278. The van der Waals surface area contributed by atoms with Crippen molar-refractivity contribution in [3.63, 3.8) is 0 Å². The van der Waals surface area contributed by atoms with Crippen LogP contribution >= 0.6 is 11.6 Å². The average molecular weight is 354 g/mol. The van der Waals surface area contributed by atoms with E-state index >= 15 is 0 Å². The second kappa shape index (κ2) is 8.22. The number of halogens is 3. The number of benzene rings is 2. The largest absolute Gasteiger partial charge is 0.345 e. The lowest BCUT2D eigenvalue weighted by Gasteiger charge is -2.16. The Hall–Kier alpha value is -1.98. The normalized spacial score (nSPS) is 13.4. The van der Waals surface area contributed by atoms with E-state index in [-0.39, 0.29) is 24.5 Å². The van der Waals surface area contributed by atoms with Gasteiger partial charge in [-0.3, -0.25) is 4.79 Å². The molecule has 3 nitrogen and oxygen atoms in total. The zero-order valence-electron chi connectivity index (χ0n) is 13.5. The van der Waals surface area contributed by atoms with Crippen molar-refractivity contribution in [2.75, 3.05) is 6.54 Å². The number of quaternary nitrogens is 1. The van der Waals surface area contributed by atoms with Gasteiger partial charge in [0.05, 0.1) is 6.04 Å².